The monoisotopic (exact) mass is 387 g/mol. The fraction of sp³-hybridized carbons (Fsp3) is 0.316. The minimum atomic E-state index is -0.761. The van der Waals surface area contributed by atoms with Gasteiger partial charge in [0, 0.05) is 10.4 Å². The quantitative estimate of drug-likeness (QED) is 0.741. The van der Waals surface area contributed by atoms with Gasteiger partial charge in [0.15, 0.2) is 0 Å². The molecule has 0 fully saturated rings. The van der Waals surface area contributed by atoms with Gasteiger partial charge in [-0.2, -0.15) is 0 Å². The zero-order valence-corrected chi connectivity index (χ0v) is 15.9. The summed E-state index contributed by atoms with van der Waals surface area (Å²) in [6, 6.07) is 6.44. The van der Waals surface area contributed by atoms with Crippen molar-refractivity contribution < 1.29 is 4.79 Å². The van der Waals surface area contributed by atoms with Gasteiger partial charge in [-0.25, -0.2) is 4.98 Å². The Morgan fingerprint density at radius 1 is 1.38 bits per heavy atom. The number of carbonyl (C=O) groups is 1. The number of halogens is 1. The number of thiophene rings is 1. The maximum atomic E-state index is 13.4. The van der Waals surface area contributed by atoms with Crippen LogP contribution in [-0.2, 0) is 17.6 Å². The summed E-state index contributed by atoms with van der Waals surface area (Å²) in [6.07, 6.45) is 3.32. The smallest absolute Gasteiger partial charge is 0.263 e. The second-order valence-corrected chi connectivity index (χ2v) is 7.95. The number of aryl methyl sites for hydroxylation is 2. The van der Waals surface area contributed by atoms with Crippen molar-refractivity contribution in [2.45, 2.75) is 38.6 Å². The molecule has 1 atom stereocenters. The first-order chi connectivity index (χ1) is 12.5. The first-order valence-corrected chi connectivity index (χ1v) is 9.83. The van der Waals surface area contributed by atoms with Crippen LogP contribution in [-0.4, -0.2) is 15.5 Å². The maximum absolute atomic E-state index is 13.4. The molecule has 0 saturated carbocycles. The second kappa shape index (κ2) is 6.52. The third kappa shape index (κ3) is 2.56. The molecule has 1 aliphatic rings. The number of aromatic nitrogens is 2. The number of nitrogens with two attached hydrogens (primary N) is 1. The Morgan fingerprint density at radius 3 is 2.85 bits per heavy atom. The van der Waals surface area contributed by atoms with Crippen LogP contribution in [0.2, 0.25) is 5.02 Å². The Labute approximate surface area is 159 Å². The van der Waals surface area contributed by atoms with Crippen molar-refractivity contribution in [3.63, 3.8) is 0 Å². The fourth-order valence-corrected chi connectivity index (χ4v) is 5.16. The van der Waals surface area contributed by atoms with E-state index < -0.39 is 11.9 Å². The van der Waals surface area contributed by atoms with E-state index in [1.807, 2.05) is 19.1 Å². The number of primary amides is 1. The highest BCUT2D eigenvalue weighted by Crippen LogP contribution is 2.37. The molecule has 26 heavy (non-hydrogen) atoms. The number of benzene rings is 1. The Bertz CT molecular complexity index is 1090. The molecular weight excluding hydrogens is 370 g/mol. The Morgan fingerprint density at radius 2 is 2.15 bits per heavy atom. The van der Waals surface area contributed by atoms with Crippen LogP contribution in [0.1, 0.15) is 36.2 Å². The lowest BCUT2D eigenvalue weighted by Gasteiger charge is -2.19. The number of fused-ring (bicyclic) bond motifs is 3. The summed E-state index contributed by atoms with van der Waals surface area (Å²) in [4.78, 5) is 32.2. The van der Waals surface area contributed by atoms with E-state index in [1.165, 1.54) is 9.44 Å². The molecule has 2 heterocycles. The minimum Gasteiger partial charge on any atom is -0.368 e. The molecule has 0 spiro atoms. The van der Waals surface area contributed by atoms with E-state index in [0.717, 1.165) is 24.8 Å². The Kier molecular flexibility index (Phi) is 4.32. The summed E-state index contributed by atoms with van der Waals surface area (Å²) >= 11 is 7.94. The molecule has 3 aromatic rings. The molecule has 0 radical (unpaired) electrons. The topological polar surface area (TPSA) is 78.0 Å². The van der Waals surface area contributed by atoms with E-state index in [9.17, 15) is 9.59 Å². The van der Waals surface area contributed by atoms with Gasteiger partial charge in [-0.1, -0.05) is 30.7 Å². The average molecular weight is 388 g/mol. The largest absolute Gasteiger partial charge is 0.368 e. The summed E-state index contributed by atoms with van der Waals surface area (Å²) < 4.78 is 1.44. The second-order valence-electron chi connectivity index (χ2n) is 6.45. The molecule has 1 aliphatic carbocycles. The van der Waals surface area contributed by atoms with Crippen molar-refractivity contribution >= 4 is 39.1 Å². The van der Waals surface area contributed by atoms with Crippen molar-refractivity contribution in [3.8, 4) is 11.4 Å². The minimum absolute atomic E-state index is 0.199. The van der Waals surface area contributed by atoms with Crippen molar-refractivity contribution in [1.29, 1.82) is 0 Å². The SMILES string of the molecule is CCC(C(N)=O)n1c(-c2ccccc2Cl)nc2sc3c(c2c1=O)CCC3. The predicted octanol–water partition coefficient (Wildman–Crippen LogP) is 3.70. The van der Waals surface area contributed by atoms with E-state index in [4.69, 9.17) is 22.3 Å². The van der Waals surface area contributed by atoms with Crippen LogP contribution >= 0.6 is 22.9 Å². The van der Waals surface area contributed by atoms with Gasteiger partial charge < -0.3 is 5.73 Å². The van der Waals surface area contributed by atoms with Gasteiger partial charge in [-0.15, -0.1) is 11.3 Å². The molecule has 0 aliphatic heterocycles. The van der Waals surface area contributed by atoms with E-state index in [-0.39, 0.29) is 5.56 Å². The summed E-state index contributed by atoms with van der Waals surface area (Å²) in [7, 11) is 0. The number of amides is 1. The van der Waals surface area contributed by atoms with Crippen LogP contribution in [0.25, 0.3) is 21.6 Å². The first-order valence-electron chi connectivity index (χ1n) is 8.64. The molecule has 4 rings (SSSR count). The van der Waals surface area contributed by atoms with E-state index in [1.54, 1.807) is 23.5 Å². The van der Waals surface area contributed by atoms with Gasteiger partial charge in [0.2, 0.25) is 5.91 Å². The zero-order valence-electron chi connectivity index (χ0n) is 14.3. The van der Waals surface area contributed by atoms with Crippen LogP contribution in [0.4, 0.5) is 0 Å². The zero-order chi connectivity index (χ0) is 18.4. The lowest BCUT2D eigenvalue weighted by Crippen LogP contribution is -2.35. The molecule has 1 amide bonds. The fourth-order valence-electron chi connectivity index (χ4n) is 3.69. The number of hydrogen-bond donors (Lipinski definition) is 1. The van der Waals surface area contributed by atoms with Gasteiger partial charge >= 0.3 is 0 Å². The molecule has 1 aromatic carbocycles. The van der Waals surface area contributed by atoms with Crippen molar-refractivity contribution in [2.24, 2.45) is 5.73 Å². The van der Waals surface area contributed by atoms with Crippen LogP contribution in [0.15, 0.2) is 29.1 Å². The van der Waals surface area contributed by atoms with E-state index in [2.05, 4.69) is 0 Å². The number of carbonyl (C=O) groups excluding carboxylic acids is 1. The average Bonchev–Trinajstić information content (AvgIpc) is 3.18. The molecule has 1 unspecified atom stereocenters. The van der Waals surface area contributed by atoms with Crippen LogP contribution < -0.4 is 11.3 Å². The summed E-state index contributed by atoms with van der Waals surface area (Å²) in [6.45, 7) is 1.83. The summed E-state index contributed by atoms with van der Waals surface area (Å²) in [5.74, 6) is -0.144. The number of nitrogens with zero attached hydrogens (tertiary/aromatic N) is 2. The van der Waals surface area contributed by atoms with Crippen LogP contribution in [0, 0.1) is 0 Å². The lowest BCUT2D eigenvalue weighted by atomic mass is 10.1. The maximum Gasteiger partial charge on any atom is 0.263 e. The van der Waals surface area contributed by atoms with Gasteiger partial charge in [0.25, 0.3) is 5.56 Å². The highest BCUT2D eigenvalue weighted by molar-refractivity contribution is 7.18. The summed E-state index contributed by atoms with van der Waals surface area (Å²) in [5.41, 5.74) is 7.12. The molecule has 2 N–H and O–H groups in total. The number of hydrogen-bond acceptors (Lipinski definition) is 4. The van der Waals surface area contributed by atoms with Gasteiger partial charge in [0.05, 0.1) is 10.4 Å². The highest BCUT2D eigenvalue weighted by Gasteiger charge is 2.28. The normalized spacial score (nSPS) is 14.5. The molecule has 0 saturated heterocycles. The van der Waals surface area contributed by atoms with Crippen LogP contribution in [0.3, 0.4) is 0 Å². The Hall–Kier alpha value is -2.18. The molecule has 7 heteroatoms. The van der Waals surface area contributed by atoms with Crippen LogP contribution in [0.5, 0.6) is 0 Å². The van der Waals surface area contributed by atoms with Crippen molar-refractivity contribution in [1.82, 2.24) is 9.55 Å². The molecule has 2 aromatic heterocycles. The van der Waals surface area contributed by atoms with Gasteiger partial charge in [-0.3, -0.25) is 14.2 Å². The lowest BCUT2D eigenvalue weighted by molar-refractivity contribution is -0.121. The summed E-state index contributed by atoms with van der Waals surface area (Å²) in [5, 5.41) is 1.12. The standard InChI is InChI=1S/C19H18ClN3O2S/c1-2-13(16(21)24)23-17(10-6-3-4-8-12(10)20)22-18-15(19(23)25)11-7-5-9-14(11)26-18/h3-4,6,8,13H,2,5,7,9H2,1H3,(H2,21,24). The molecular formula is C19H18ClN3O2S. The van der Waals surface area contributed by atoms with E-state index >= 15 is 0 Å². The third-order valence-corrected chi connectivity index (χ3v) is 6.43. The van der Waals surface area contributed by atoms with Crippen molar-refractivity contribution in [3.05, 3.63) is 50.1 Å². The van der Waals surface area contributed by atoms with E-state index in [0.29, 0.717) is 33.0 Å². The molecule has 134 valence electrons. The van der Waals surface area contributed by atoms with Gasteiger partial charge in [0.1, 0.15) is 16.7 Å². The highest BCUT2D eigenvalue weighted by atomic mass is 35.5. The van der Waals surface area contributed by atoms with Gasteiger partial charge in [-0.05, 0) is 43.4 Å². The Balaban J connectivity index is 2.12. The van der Waals surface area contributed by atoms with Crippen molar-refractivity contribution in [2.75, 3.05) is 0 Å². The first kappa shape index (κ1) is 17.2. The molecule has 5 nitrogen and oxygen atoms in total. The predicted molar refractivity (Wildman–Crippen MR) is 105 cm³/mol. The number of rotatable bonds is 4. The molecule has 0 bridgehead atoms. The third-order valence-electron chi connectivity index (χ3n) is 4.91.